The predicted molar refractivity (Wildman–Crippen MR) is 64.1 cm³/mol. The number of nitrogens with two attached hydrogens (primary N) is 1. The van der Waals surface area contributed by atoms with E-state index in [0.717, 1.165) is 26.0 Å². The van der Waals surface area contributed by atoms with Crippen LogP contribution in [0.25, 0.3) is 0 Å². The number of rotatable bonds is 5. The van der Waals surface area contributed by atoms with Crippen LogP contribution in [0, 0.1) is 0 Å². The SMILES string of the molecule is CCN(C[C@H]1CCCO1)C(=O)CC(C)(C)N. The van der Waals surface area contributed by atoms with Gasteiger partial charge in [0.2, 0.25) is 5.91 Å². The third-order valence-corrected chi connectivity index (χ3v) is 2.79. The Hall–Kier alpha value is -0.610. The van der Waals surface area contributed by atoms with Crippen molar-refractivity contribution in [2.75, 3.05) is 19.7 Å². The molecule has 1 fully saturated rings. The van der Waals surface area contributed by atoms with Gasteiger partial charge in [-0.2, -0.15) is 0 Å². The van der Waals surface area contributed by atoms with E-state index in [1.54, 1.807) is 0 Å². The summed E-state index contributed by atoms with van der Waals surface area (Å²) in [4.78, 5) is 13.8. The van der Waals surface area contributed by atoms with Crippen LogP contribution in [-0.2, 0) is 9.53 Å². The first kappa shape index (κ1) is 13.5. The first-order valence-corrected chi connectivity index (χ1v) is 6.10. The van der Waals surface area contributed by atoms with Gasteiger partial charge in [-0.25, -0.2) is 0 Å². The summed E-state index contributed by atoms with van der Waals surface area (Å²) < 4.78 is 5.54. The number of ether oxygens (including phenoxy) is 1. The van der Waals surface area contributed by atoms with Gasteiger partial charge in [0, 0.05) is 31.7 Å². The molecule has 0 aliphatic carbocycles. The van der Waals surface area contributed by atoms with E-state index < -0.39 is 5.54 Å². The lowest BCUT2D eigenvalue weighted by atomic mass is 10.0. The van der Waals surface area contributed by atoms with Gasteiger partial charge in [0.1, 0.15) is 0 Å². The van der Waals surface area contributed by atoms with Crippen LogP contribution in [0.1, 0.15) is 40.0 Å². The largest absolute Gasteiger partial charge is 0.376 e. The maximum Gasteiger partial charge on any atom is 0.224 e. The first-order valence-electron chi connectivity index (χ1n) is 6.10. The van der Waals surface area contributed by atoms with E-state index in [2.05, 4.69) is 0 Å². The van der Waals surface area contributed by atoms with Gasteiger partial charge in [-0.1, -0.05) is 0 Å². The summed E-state index contributed by atoms with van der Waals surface area (Å²) >= 11 is 0. The van der Waals surface area contributed by atoms with Crippen LogP contribution in [0.4, 0.5) is 0 Å². The Balaban J connectivity index is 2.43. The fourth-order valence-corrected chi connectivity index (χ4v) is 1.94. The second-order valence-corrected chi connectivity index (χ2v) is 5.23. The average molecular weight is 228 g/mol. The summed E-state index contributed by atoms with van der Waals surface area (Å²) in [5, 5.41) is 0. The van der Waals surface area contributed by atoms with Gasteiger partial charge in [0.05, 0.1) is 6.10 Å². The molecule has 1 atom stereocenters. The fourth-order valence-electron chi connectivity index (χ4n) is 1.94. The maximum absolute atomic E-state index is 12.0. The molecule has 0 saturated carbocycles. The number of amides is 1. The summed E-state index contributed by atoms with van der Waals surface area (Å²) in [6.07, 6.45) is 2.80. The minimum Gasteiger partial charge on any atom is -0.376 e. The normalized spacial score (nSPS) is 21.1. The summed E-state index contributed by atoms with van der Waals surface area (Å²) in [5.41, 5.74) is 5.43. The van der Waals surface area contributed by atoms with Crippen LogP contribution in [0.3, 0.4) is 0 Å². The quantitative estimate of drug-likeness (QED) is 0.767. The van der Waals surface area contributed by atoms with Crippen molar-refractivity contribution < 1.29 is 9.53 Å². The molecule has 0 aromatic rings. The second kappa shape index (κ2) is 5.64. The van der Waals surface area contributed by atoms with Crippen LogP contribution in [0.2, 0.25) is 0 Å². The van der Waals surface area contributed by atoms with Crippen molar-refractivity contribution in [2.24, 2.45) is 5.73 Å². The van der Waals surface area contributed by atoms with Crippen molar-refractivity contribution >= 4 is 5.91 Å². The molecule has 0 aromatic carbocycles. The maximum atomic E-state index is 12.0. The molecule has 4 heteroatoms. The monoisotopic (exact) mass is 228 g/mol. The van der Waals surface area contributed by atoms with Crippen molar-refractivity contribution in [3.05, 3.63) is 0 Å². The molecule has 2 N–H and O–H groups in total. The standard InChI is InChI=1S/C12H24N2O2/c1-4-14(9-10-6-5-7-16-10)11(15)8-12(2,3)13/h10H,4-9,13H2,1-3H3/t10-/m1/s1. The van der Waals surface area contributed by atoms with E-state index in [-0.39, 0.29) is 12.0 Å². The topological polar surface area (TPSA) is 55.6 Å². The zero-order valence-electron chi connectivity index (χ0n) is 10.7. The van der Waals surface area contributed by atoms with Crippen LogP contribution in [0.15, 0.2) is 0 Å². The van der Waals surface area contributed by atoms with Gasteiger partial charge < -0.3 is 15.4 Å². The first-order chi connectivity index (χ1) is 7.42. The summed E-state index contributed by atoms with van der Waals surface area (Å²) in [7, 11) is 0. The van der Waals surface area contributed by atoms with Crippen LogP contribution >= 0.6 is 0 Å². The molecule has 1 heterocycles. The summed E-state index contributed by atoms with van der Waals surface area (Å²) in [6.45, 7) is 8.03. The zero-order valence-corrected chi connectivity index (χ0v) is 10.7. The summed E-state index contributed by atoms with van der Waals surface area (Å²) in [6, 6.07) is 0. The molecule has 1 amide bonds. The highest BCUT2D eigenvalue weighted by Crippen LogP contribution is 2.15. The molecule has 0 unspecified atom stereocenters. The molecule has 0 radical (unpaired) electrons. The van der Waals surface area contributed by atoms with E-state index in [1.165, 1.54) is 0 Å². The van der Waals surface area contributed by atoms with Crippen LogP contribution in [0.5, 0.6) is 0 Å². The highest BCUT2D eigenvalue weighted by molar-refractivity contribution is 5.77. The van der Waals surface area contributed by atoms with Crippen LogP contribution < -0.4 is 5.73 Å². The second-order valence-electron chi connectivity index (χ2n) is 5.23. The molecular formula is C12H24N2O2. The zero-order chi connectivity index (χ0) is 12.2. The minimum atomic E-state index is -0.430. The van der Waals surface area contributed by atoms with Gasteiger partial charge in [-0.05, 0) is 33.6 Å². The van der Waals surface area contributed by atoms with Crippen molar-refractivity contribution in [2.45, 2.75) is 51.7 Å². The number of hydrogen-bond donors (Lipinski definition) is 1. The molecule has 16 heavy (non-hydrogen) atoms. The number of likely N-dealkylation sites (N-methyl/N-ethyl adjacent to an activating group) is 1. The Bertz CT molecular complexity index is 230. The fraction of sp³-hybridized carbons (Fsp3) is 0.917. The van der Waals surface area contributed by atoms with Gasteiger partial charge in [-0.15, -0.1) is 0 Å². The highest BCUT2D eigenvalue weighted by Gasteiger charge is 2.24. The molecule has 4 nitrogen and oxygen atoms in total. The smallest absolute Gasteiger partial charge is 0.224 e. The van der Waals surface area contributed by atoms with Gasteiger partial charge in [-0.3, -0.25) is 4.79 Å². The lowest BCUT2D eigenvalue weighted by Crippen LogP contribution is -2.43. The average Bonchev–Trinajstić information content (AvgIpc) is 2.63. The Kier molecular flexibility index (Phi) is 4.74. The van der Waals surface area contributed by atoms with Gasteiger partial charge in [0.25, 0.3) is 0 Å². The third-order valence-electron chi connectivity index (χ3n) is 2.79. The number of carbonyl (C=O) groups excluding carboxylic acids is 1. The van der Waals surface area contributed by atoms with Crippen molar-refractivity contribution in [3.8, 4) is 0 Å². The van der Waals surface area contributed by atoms with E-state index in [0.29, 0.717) is 13.0 Å². The Labute approximate surface area is 98.1 Å². The number of nitrogens with zero attached hydrogens (tertiary/aromatic N) is 1. The van der Waals surface area contributed by atoms with Crippen molar-refractivity contribution in [1.82, 2.24) is 4.90 Å². The highest BCUT2D eigenvalue weighted by atomic mass is 16.5. The lowest BCUT2D eigenvalue weighted by molar-refractivity contribution is -0.133. The molecule has 1 rings (SSSR count). The molecule has 94 valence electrons. The van der Waals surface area contributed by atoms with E-state index in [9.17, 15) is 4.79 Å². The Morgan fingerprint density at radius 3 is 2.69 bits per heavy atom. The molecule has 0 spiro atoms. The van der Waals surface area contributed by atoms with Gasteiger partial charge >= 0.3 is 0 Å². The van der Waals surface area contributed by atoms with Crippen molar-refractivity contribution in [1.29, 1.82) is 0 Å². The molecule has 0 aromatic heterocycles. The predicted octanol–water partition coefficient (Wildman–Crippen LogP) is 1.14. The third kappa shape index (κ3) is 4.49. The molecule has 1 aliphatic rings. The number of carbonyl (C=O) groups is 1. The molecule has 1 saturated heterocycles. The lowest BCUT2D eigenvalue weighted by Gasteiger charge is -2.27. The van der Waals surface area contributed by atoms with E-state index in [1.807, 2.05) is 25.7 Å². The van der Waals surface area contributed by atoms with Gasteiger partial charge in [0.15, 0.2) is 0 Å². The Morgan fingerprint density at radius 2 is 2.25 bits per heavy atom. The van der Waals surface area contributed by atoms with Crippen molar-refractivity contribution in [3.63, 3.8) is 0 Å². The number of hydrogen-bond acceptors (Lipinski definition) is 3. The minimum absolute atomic E-state index is 0.130. The Morgan fingerprint density at radius 1 is 1.56 bits per heavy atom. The summed E-state index contributed by atoms with van der Waals surface area (Å²) in [5.74, 6) is 0.130. The van der Waals surface area contributed by atoms with E-state index >= 15 is 0 Å². The molecule has 0 bridgehead atoms. The van der Waals surface area contributed by atoms with E-state index in [4.69, 9.17) is 10.5 Å². The molecular weight excluding hydrogens is 204 g/mol. The molecule has 1 aliphatic heterocycles. The van der Waals surface area contributed by atoms with Crippen LogP contribution in [-0.4, -0.2) is 42.1 Å².